The van der Waals surface area contributed by atoms with E-state index in [0.29, 0.717) is 19.1 Å². The molecule has 2 aliphatic heterocycles. The molecule has 6 heteroatoms. The average Bonchev–Trinajstić information content (AvgIpc) is 3.32. The van der Waals surface area contributed by atoms with E-state index in [1.54, 1.807) is 0 Å². The van der Waals surface area contributed by atoms with Crippen molar-refractivity contribution in [3.63, 3.8) is 0 Å². The highest BCUT2D eigenvalue weighted by molar-refractivity contribution is 5.79. The van der Waals surface area contributed by atoms with Crippen LogP contribution in [0.15, 0.2) is 18.2 Å². The summed E-state index contributed by atoms with van der Waals surface area (Å²) in [4.78, 5) is 27.2. The SMILES string of the molecule is Cc1ccc(C)c(Cc2c(C)nc(CC(C)C)nc2N2CCN(C(=O)[C@H]3CCOC3)CC2)c1. The third-order valence-electron chi connectivity index (χ3n) is 6.87. The molecule has 1 aromatic carbocycles. The maximum atomic E-state index is 12.9. The molecular formula is C27H38N4O2. The van der Waals surface area contributed by atoms with Gasteiger partial charge < -0.3 is 14.5 Å². The van der Waals surface area contributed by atoms with Crippen LogP contribution in [0.4, 0.5) is 5.82 Å². The molecule has 2 aliphatic rings. The van der Waals surface area contributed by atoms with Crippen LogP contribution in [0.3, 0.4) is 0 Å². The molecule has 33 heavy (non-hydrogen) atoms. The first-order chi connectivity index (χ1) is 15.8. The second-order valence-corrected chi connectivity index (χ2v) is 10.1. The van der Waals surface area contributed by atoms with Crippen molar-refractivity contribution in [1.82, 2.24) is 14.9 Å². The molecule has 0 unspecified atom stereocenters. The second-order valence-electron chi connectivity index (χ2n) is 10.1. The van der Waals surface area contributed by atoms with Crippen LogP contribution >= 0.6 is 0 Å². The van der Waals surface area contributed by atoms with Crippen molar-refractivity contribution in [2.24, 2.45) is 11.8 Å². The van der Waals surface area contributed by atoms with Crippen molar-refractivity contribution in [2.75, 3.05) is 44.3 Å². The maximum absolute atomic E-state index is 12.9. The van der Waals surface area contributed by atoms with Crippen LogP contribution in [0.2, 0.25) is 0 Å². The van der Waals surface area contributed by atoms with Crippen LogP contribution in [-0.4, -0.2) is 60.2 Å². The van der Waals surface area contributed by atoms with E-state index >= 15 is 0 Å². The zero-order valence-corrected chi connectivity index (χ0v) is 20.9. The van der Waals surface area contributed by atoms with Gasteiger partial charge in [-0.15, -0.1) is 0 Å². The summed E-state index contributed by atoms with van der Waals surface area (Å²) in [7, 11) is 0. The number of hydrogen-bond acceptors (Lipinski definition) is 5. The van der Waals surface area contributed by atoms with E-state index in [1.165, 1.54) is 22.3 Å². The fourth-order valence-corrected chi connectivity index (χ4v) is 4.87. The van der Waals surface area contributed by atoms with Crippen LogP contribution in [0, 0.1) is 32.6 Å². The first-order valence-corrected chi connectivity index (χ1v) is 12.4. The predicted octanol–water partition coefficient (Wildman–Crippen LogP) is 3.88. The Balaban J connectivity index is 1.59. The number of carbonyl (C=O) groups excluding carboxylic acids is 1. The lowest BCUT2D eigenvalue weighted by Gasteiger charge is -2.37. The van der Waals surface area contributed by atoms with Crippen LogP contribution in [0.25, 0.3) is 0 Å². The minimum atomic E-state index is 0.0374. The van der Waals surface area contributed by atoms with Gasteiger partial charge in [0.25, 0.3) is 0 Å². The molecule has 3 heterocycles. The molecule has 0 radical (unpaired) electrons. The Morgan fingerprint density at radius 1 is 1.12 bits per heavy atom. The Bertz CT molecular complexity index is 990. The monoisotopic (exact) mass is 450 g/mol. The molecule has 4 rings (SSSR count). The normalized spacial score (nSPS) is 18.9. The molecule has 0 N–H and O–H groups in total. The van der Waals surface area contributed by atoms with Gasteiger partial charge in [-0.2, -0.15) is 0 Å². The molecule has 0 aliphatic carbocycles. The molecule has 2 fully saturated rings. The molecular weight excluding hydrogens is 412 g/mol. The van der Waals surface area contributed by atoms with Crippen molar-refractivity contribution in [3.05, 3.63) is 52.0 Å². The van der Waals surface area contributed by atoms with Gasteiger partial charge in [0.15, 0.2) is 0 Å². The van der Waals surface area contributed by atoms with Gasteiger partial charge in [0.1, 0.15) is 11.6 Å². The molecule has 178 valence electrons. The van der Waals surface area contributed by atoms with Gasteiger partial charge in [-0.25, -0.2) is 9.97 Å². The first-order valence-electron chi connectivity index (χ1n) is 12.4. The summed E-state index contributed by atoms with van der Waals surface area (Å²) in [6.07, 6.45) is 2.55. The van der Waals surface area contributed by atoms with Gasteiger partial charge in [0.05, 0.1) is 12.5 Å². The Morgan fingerprint density at radius 3 is 2.55 bits per heavy atom. The van der Waals surface area contributed by atoms with Crippen molar-refractivity contribution < 1.29 is 9.53 Å². The van der Waals surface area contributed by atoms with Crippen LogP contribution in [0.1, 0.15) is 54.0 Å². The number of amides is 1. The third-order valence-corrected chi connectivity index (χ3v) is 6.87. The first kappa shape index (κ1) is 23.7. The topological polar surface area (TPSA) is 58.6 Å². The lowest BCUT2D eigenvalue weighted by molar-refractivity contribution is -0.135. The largest absolute Gasteiger partial charge is 0.381 e. The number of aromatic nitrogens is 2. The van der Waals surface area contributed by atoms with Gasteiger partial charge in [-0.1, -0.05) is 37.6 Å². The number of benzene rings is 1. The third kappa shape index (κ3) is 5.55. The van der Waals surface area contributed by atoms with E-state index in [-0.39, 0.29) is 11.8 Å². The smallest absolute Gasteiger partial charge is 0.228 e. The van der Waals surface area contributed by atoms with Crippen LogP contribution in [0.5, 0.6) is 0 Å². The van der Waals surface area contributed by atoms with Crippen molar-refractivity contribution in [3.8, 4) is 0 Å². The zero-order chi connectivity index (χ0) is 23.5. The predicted molar refractivity (Wildman–Crippen MR) is 132 cm³/mol. The summed E-state index contributed by atoms with van der Waals surface area (Å²) in [6, 6.07) is 6.64. The van der Waals surface area contributed by atoms with Gasteiger partial charge in [0.2, 0.25) is 5.91 Å². The highest BCUT2D eigenvalue weighted by Crippen LogP contribution is 2.28. The summed E-state index contributed by atoms with van der Waals surface area (Å²) >= 11 is 0. The zero-order valence-electron chi connectivity index (χ0n) is 20.9. The lowest BCUT2D eigenvalue weighted by Crippen LogP contribution is -2.51. The van der Waals surface area contributed by atoms with Gasteiger partial charge in [0, 0.05) is 56.9 Å². The fraction of sp³-hybridized carbons (Fsp3) is 0.593. The number of piperazine rings is 1. The van der Waals surface area contributed by atoms with E-state index in [4.69, 9.17) is 14.7 Å². The molecule has 2 aromatic rings. The molecule has 1 amide bonds. The number of hydrogen-bond donors (Lipinski definition) is 0. The summed E-state index contributed by atoms with van der Waals surface area (Å²) < 4.78 is 5.43. The minimum Gasteiger partial charge on any atom is -0.381 e. The highest BCUT2D eigenvalue weighted by Gasteiger charge is 2.31. The number of aryl methyl sites for hydroxylation is 3. The molecule has 0 spiro atoms. The highest BCUT2D eigenvalue weighted by atomic mass is 16.5. The molecule has 6 nitrogen and oxygen atoms in total. The average molecular weight is 451 g/mol. The van der Waals surface area contributed by atoms with Gasteiger partial charge in [-0.05, 0) is 44.2 Å². The Kier molecular flexibility index (Phi) is 7.32. The van der Waals surface area contributed by atoms with Crippen LogP contribution < -0.4 is 4.90 Å². The van der Waals surface area contributed by atoms with Crippen molar-refractivity contribution in [2.45, 2.75) is 53.9 Å². The molecule has 1 atom stereocenters. The Labute approximate surface area is 198 Å². The van der Waals surface area contributed by atoms with Gasteiger partial charge in [-0.3, -0.25) is 4.79 Å². The van der Waals surface area contributed by atoms with E-state index < -0.39 is 0 Å². The Hall–Kier alpha value is -2.47. The number of carbonyl (C=O) groups is 1. The van der Waals surface area contributed by atoms with E-state index in [1.807, 2.05) is 4.90 Å². The summed E-state index contributed by atoms with van der Waals surface area (Å²) in [6.45, 7) is 15.2. The number of ether oxygens (including phenoxy) is 1. The van der Waals surface area contributed by atoms with E-state index in [0.717, 1.165) is 62.8 Å². The summed E-state index contributed by atoms with van der Waals surface area (Å²) in [5.74, 6) is 2.77. The minimum absolute atomic E-state index is 0.0374. The molecule has 1 aromatic heterocycles. The fourth-order valence-electron chi connectivity index (χ4n) is 4.87. The number of rotatable bonds is 6. The standard InChI is InChI=1S/C27H38N4O2/c1-18(2)14-25-28-21(5)24(16-23-15-19(3)6-7-20(23)4)26(29-25)30-9-11-31(12-10-30)27(32)22-8-13-33-17-22/h6-7,15,18,22H,8-14,16-17H2,1-5H3/t22-/m0/s1. The number of anilines is 1. The summed E-state index contributed by atoms with van der Waals surface area (Å²) in [5, 5.41) is 0. The molecule has 0 saturated carbocycles. The second kappa shape index (κ2) is 10.2. The Morgan fingerprint density at radius 2 is 1.88 bits per heavy atom. The molecule has 2 saturated heterocycles. The van der Waals surface area contributed by atoms with E-state index in [9.17, 15) is 4.79 Å². The van der Waals surface area contributed by atoms with E-state index in [2.05, 4.69) is 57.7 Å². The lowest BCUT2D eigenvalue weighted by atomic mass is 9.97. The quantitative estimate of drug-likeness (QED) is 0.669. The van der Waals surface area contributed by atoms with Crippen molar-refractivity contribution in [1.29, 1.82) is 0 Å². The van der Waals surface area contributed by atoms with Gasteiger partial charge >= 0.3 is 0 Å². The van der Waals surface area contributed by atoms with Crippen LogP contribution in [-0.2, 0) is 22.4 Å². The maximum Gasteiger partial charge on any atom is 0.228 e. The molecule has 0 bridgehead atoms. The summed E-state index contributed by atoms with van der Waals surface area (Å²) in [5.41, 5.74) is 6.18. The van der Waals surface area contributed by atoms with Crippen molar-refractivity contribution >= 4 is 11.7 Å². The number of nitrogens with zero attached hydrogens (tertiary/aromatic N) is 4.